The van der Waals surface area contributed by atoms with Gasteiger partial charge in [-0.05, 0) is 35.8 Å². The Hall–Kier alpha value is -2.60. The number of amides is 1. The smallest absolute Gasteiger partial charge is 0.412 e. The zero-order valence-corrected chi connectivity index (χ0v) is 15.3. The lowest BCUT2D eigenvalue weighted by atomic mass is 10.1. The molecular weight excluding hydrogens is 386 g/mol. The molecule has 0 unspecified atom stereocenters. The van der Waals surface area contributed by atoms with E-state index in [-0.39, 0.29) is 12.3 Å². The van der Waals surface area contributed by atoms with Crippen LogP contribution in [0.4, 0.5) is 4.79 Å². The largest absolute Gasteiger partial charge is 0.464 e. The monoisotopic (exact) mass is 403 g/mol. The van der Waals surface area contributed by atoms with Gasteiger partial charge in [0.25, 0.3) is 0 Å². The molecule has 0 saturated carbocycles. The van der Waals surface area contributed by atoms with E-state index in [1.807, 2.05) is 54.6 Å². The fraction of sp³-hybridized carbons (Fsp3) is 0.158. The average molecular weight is 404 g/mol. The molecule has 0 fully saturated rings. The molecular formula is C19H18BrNO4. The minimum atomic E-state index is -0.713. The molecule has 2 aromatic carbocycles. The molecule has 0 aromatic heterocycles. The average Bonchev–Trinajstić information content (AvgIpc) is 2.63. The maximum absolute atomic E-state index is 11.9. The van der Waals surface area contributed by atoms with E-state index < -0.39 is 12.1 Å². The van der Waals surface area contributed by atoms with Gasteiger partial charge in [-0.15, -0.1) is 0 Å². The van der Waals surface area contributed by atoms with Gasteiger partial charge in [0.2, 0.25) is 0 Å². The van der Waals surface area contributed by atoms with E-state index in [1.54, 1.807) is 6.08 Å². The molecule has 0 atom stereocenters. The third kappa shape index (κ3) is 6.43. The molecule has 25 heavy (non-hydrogen) atoms. The molecule has 1 N–H and O–H groups in total. The number of hydrogen-bond donors (Lipinski definition) is 1. The predicted molar refractivity (Wildman–Crippen MR) is 97.7 cm³/mol. The number of rotatable bonds is 6. The molecule has 0 aliphatic heterocycles. The van der Waals surface area contributed by atoms with E-state index in [4.69, 9.17) is 9.47 Å². The SMILES string of the molecule is COC(=O)/C(=C\Cc1cccc(Br)c1)NC(=O)OCc1ccccc1. The summed E-state index contributed by atoms with van der Waals surface area (Å²) in [5.41, 5.74) is 1.88. The molecule has 0 aliphatic carbocycles. The van der Waals surface area contributed by atoms with Crippen molar-refractivity contribution in [2.75, 3.05) is 7.11 Å². The van der Waals surface area contributed by atoms with E-state index in [1.165, 1.54) is 7.11 Å². The van der Waals surface area contributed by atoms with Gasteiger partial charge in [-0.2, -0.15) is 0 Å². The van der Waals surface area contributed by atoms with Crippen LogP contribution in [0.2, 0.25) is 0 Å². The Kier molecular flexibility index (Phi) is 7.22. The molecule has 0 spiro atoms. The van der Waals surface area contributed by atoms with Crippen LogP contribution in [0, 0.1) is 0 Å². The minimum absolute atomic E-state index is 0.0422. The number of alkyl carbamates (subject to hydrolysis) is 1. The summed E-state index contributed by atoms with van der Waals surface area (Å²) < 4.78 is 10.8. The van der Waals surface area contributed by atoms with Crippen molar-refractivity contribution >= 4 is 28.0 Å². The highest BCUT2D eigenvalue weighted by atomic mass is 79.9. The lowest BCUT2D eigenvalue weighted by molar-refractivity contribution is -0.136. The third-order valence-electron chi connectivity index (χ3n) is 3.29. The molecule has 6 heteroatoms. The summed E-state index contributed by atoms with van der Waals surface area (Å²) in [6.45, 7) is 0.118. The molecule has 0 heterocycles. The number of ether oxygens (including phenoxy) is 2. The molecule has 0 saturated heterocycles. The van der Waals surface area contributed by atoms with Crippen LogP contribution >= 0.6 is 15.9 Å². The zero-order valence-electron chi connectivity index (χ0n) is 13.7. The summed E-state index contributed by atoms with van der Waals surface area (Å²) in [4.78, 5) is 23.8. The van der Waals surface area contributed by atoms with E-state index in [0.29, 0.717) is 6.42 Å². The second kappa shape index (κ2) is 9.64. The quantitative estimate of drug-likeness (QED) is 0.585. The first-order valence-corrected chi connectivity index (χ1v) is 8.38. The number of hydrogen-bond acceptors (Lipinski definition) is 4. The number of benzene rings is 2. The lowest BCUT2D eigenvalue weighted by Crippen LogP contribution is -2.28. The first-order valence-electron chi connectivity index (χ1n) is 7.59. The normalized spacial score (nSPS) is 10.9. The Labute approximate surface area is 154 Å². The number of methoxy groups -OCH3 is 1. The Bertz CT molecular complexity index is 759. The highest BCUT2D eigenvalue weighted by molar-refractivity contribution is 9.10. The maximum atomic E-state index is 11.9. The van der Waals surface area contributed by atoms with Crippen molar-refractivity contribution < 1.29 is 19.1 Å². The topological polar surface area (TPSA) is 64.6 Å². The number of halogens is 1. The number of allylic oxidation sites excluding steroid dienone is 1. The Morgan fingerprint density at radius 1 is 1.08 bits per heavy atom. The molecule has 130 valence electrons. The van der Waals surface area contributed by atoms with Crippen molar-refractivity contribution in [2.45, 2.75) is 13.0 Å². The van der Waals surface area contributed by atoms with E-state index in [0.717, 1.165) is 15.6 Å². The second-order valence-electron chi connectivity index (χ2n) is 5.13. The van der Waals surface area contributed by atoms with Gasteiger partial charge in [0.05, 0.1) is 7.11 Å². The first kappa shape index (κ1) is 18.7. The molecule has 0 radical (unpaired) electrons. The summed E-state index contributed by atoms with van der Waals surface area (Å²) in [5, 5.41) is 2.44. The Balaban J connectivity index is 1.98. The fourth-order valence-corrected chi connectivity index (χ4v) is 2.50. The summed E-state index contributed by atoms with van der Waals surface area (Å²) in [7, 11) is 1.26. The highest BCUT2D eigenvalue weighted by Crippen LogP contribution is 2.13. The van der Waals surface area contributed by atoms with Crippen molar-refractivity contribution in [3.8, 4) is 0 Å². The first-order chi connectivity index (χ1) is 12.1. The maximum Gasteiger partial charge on any atom is 0.412 e. The van der Waals surface area contributed by atoms with E-state index in [9.17, 15) is 9.59 Å². The van der Waals surface area contributed by atoms with Gasteiger partial charge in [0.15, 0.2) is 0 Å². The van der Waals surface area contributed by atoms with Crippen molar-refractivity contribution in [1.82, 2.24) is 5.32 Å². The van der Waals surface area contributed by atoms with Gasteiger partial charge in [-0.3, -0.25) is 5.32 Å². The molecule has 0 aliphatic rings. The molecule has 0 bridgehead atoms. The van der Waals surface area contributed by atoms with Crippen LogP contribution in [-0.2, 0) is 27.3 Å². The van der Waals surface area contributed by atoms with Gasteiger partial charge >= 0.3 is 12.1 Å². The van der Waals surface area contributed by atoms with Gasteiger partial charge in [0.1, 0.15) is 12.3 Å². The van der Waals surface area contributed by atoms with Crippen molar-refractivity contribution in [2.24, 2.45) is 0 Å². The van der Waals surface area contributed by atoms with Crippen LogP contribution in [-0.4, -0.2) is 19.2 Å². The molecule has 2 aromatic rings. The van der Waals surface area contributed by atoms with Gasteiger partial charge in [-0.1, -0.05) is 58.4 Å². The lowest BCUT2D eigenvalue weighted by Gasteiger charge is -2.09. The van der Waals surface area contributed by atoms with E-state index >= 15 is 0 Å². The zero-order chi connectivity index (χ0) is 18.1. The van der Waals surface area contributed by atoms with Gasteiger partial charge < -0.3 is 9.47 Å². The summed E-state index contributed by atoms with van der Waals surface area (Å²) >= 11 is 3.39. The van der Waals surface area contributed by atoms with Crippen molar-refractivity contribution in [1.29, 1.82) is 0 Å². The van der Waals surface area contributed by atoms with Crippen LogP contribution in [0.5, 0.6) is 0 Å². The number of esters is 1. The standard InChI is InChI=1S/C19H18BrNO4/c1-24-18(22)17(11-10-14-8-5-9-16(20)12-14)21-19(23)25-13-15-6-3-2-4-7-15/h2-9,11-12H,10,13H2,1H3,(H,21,23)/b17-11+. The van der Waals surface area contributed by atoms with Crippen LogP contribution in [0.15, 0.2) is 70.8 Å². The van der Waals surface area contributed by atoms with Crippen LogP contribution in [0.1, 0.15) is 11.1 Å². The van der Waals surface area contributed by atoms with Crippen molar-refractivity contribution in [3.05, 3.63) is 82.0 Å². The molecule has 5 nitrogen and oxygen atoms in total. The Morgan fingerprint density at radius 3 is 2.48 bits per heavy atom. The minimum Gasteiger partial charge on any atom is -0.464 e. The van der Waals surface area contributed by atoms with E-state index in [2.05, 4.69) is 21.2 Å². The Morgan fingerprint density at radius 2 is 1.80 bits per heavy atom. The summed E-state index contributed by atoms with van der Waals surface area (Å²) in [6, 6.07) is 16.9. The van der Waals surface area contributed by atoms with Crippen LogP contribution in [0.3, 0.4) is 0 Å². The predicted octanol–water partition coefficient (Wildman–Crippen LogP) is 3.97. The molecule has 1 amide bonds. The fourth-order valence-electron chi connectivity index (χ4n) is 2.05. The van der Waals surface area contributed by atoms with Crippen LogP contribution in [0.25, 0.3) is 0 Å². The number of carbonyl (C=O) groups excluding carboxylic acids is 2. The van der Waals surface area contributed by atoms with Gasteiger partial charge in [0, 0.05) is 4.47 Å². The number of carbonyl (C=O) groups is 2. The third-order valence-corrected chi connectivity index (χ3v) is 3.78. The van der Waals surface area contributed by atoms with Crippen LogP contribution < -0.4 is 5.32 Å². The highest BCUT2D eigenvalue weighted by Gasteiger charge is 2.14. The number of nitrogens with one attached hydrogen (secondary N) is 1. The summed E-state index contributed by atoms with van der Waals surface area (Å²) in [5.74, 6) is -0.633. The second-order valence-corrected chi connectivity index (χ2v) is 6.05. The van der Waals surface area contributed by atoms with Crippen molar-refractivity contribution in [3.63, 3.8) is 0 Å². The van der Waals surface area contributed by atoms with Gasteiger partial charge in [-0.25, -0.2) is 9.59 Å². The molecule has 2 rings (SSSR count). The summed E-state index contributed by atoms with van der Waals surface area (Å²) in [6.07, 6.45) is 1.34.